The zero-order valence-corrected chi connectivity index (χ0v) is 19.9. The normalized spacial score (nSPS) is 12.2. The van der Waals surface area contributed by atoms with Gasteiger partial charge in [0.2, 0.25) is 0 Å². The van der Waals surface area contributed by atoms with Crippen LogP contribution in [0, 0.1) is 5.82 Å². The highest BCUT2D eigenvalue weighted by Gasteiger charge is 2.24. The molecule has 2 aromatic carbocycles. The molecular weight excluding hydrogens is 455 g/mol. The number of rotatable bonds is 10. The van der Waals surface area contributed by atoms with Crippen molar-refractivity contribution in [2.45, 2.75) is 24.3 Å². The molecule has 1 unspecified atom stereocenters. The Balaban J connectivity index is 0.00000363. The molecule has 3 aromatic rings. The molecule has 9 heteroatoms. The van der Waals surface area contributed by atoms with Gasteiger partial charge >= 0.3 is 0 Å². The van der Waals surface area contributed by atoms with E-state index in [0.29, 0.717) is 25.4 Å². The molecule has 0 fully saturated rings. The molecule has 32 heavy (non-hydrogen) atoms. The van der Waals surface area contributed by atoms with E-state index in [1.54, 1.807) is 50.6 Å². The Labute approximate surface area is 194 Å². The largest absolute Gasteiger partial charge is 0.493 e. The monoisotopic (exact) mass is 482 g/mol. The lowest BCUT2D eigenvalue weighted by Crippen LogP contribution is -2.15. The van der Waals surface area contributed by atoms with Crippen LogP contribution in [0.3, 0.4) is 0 Å². The van der Waals surface area contributed by atoms with Gasteiger partial charge in [-0.2, -0.15) is 0 Å². The fourth-order valence-electron chi connectivity index (χ4n) is 3.16. The third kappa shape index (κ3) is 5.69. The van der Waals surface area contributed by atoms with Gasteiger partial charge in [-0.1, -0.05) is 18.2 Å². The first-order chi connectivity index (χ1) is 14.9. The van der Waals surface area contributed by atoms with Crippen LogP contribution in [0.2, 0.25) is 0 Å². The maximum atomic E-state index is 14.6. The molecule has 174 valence electrons. The van der Waals surface area contributed by atoms with Crippen molar-refractivity contribution in [2.24, 2.45) is 0 Å². The van der Waals surface area contributed by atoms with Crippen LogP contribution in [-0.2, 0) is 14.8 Å². The number of halogens is 2. The molecule has 0 aliphatic carbocycles. The number of benzene rings is 2. The van der Waals surface area contributed by atoms with E-state index in [1.165, 1.54) is 24.4 Å². The Bertz CT molecular complexity index is 1130. The van der Waals surface area contributed by atoms with E-state index < -0.39 is 15.8 Å². The van der Waals surface area contributed by atoms with Crippen LogP contribution in [0.15, 0.2) is 65.7 Å². The van der Waals surface area contributed by atoms with Gasteiger partial charge in [-0.3, -0.25) is 0 Å². The molecule has 6 nitrogen and oxygen atoms in total. The van der Waals surface area contributed by atoms with Gasteiger partial charge < -0.3 is 14.8 Å². The van der Waals surface area contributed by atoms with E-state index in [4.69, 9.17) is 9.47 Å². The molecule has 0 bridgehead atoms. The first-order valence-corrected chi connectivity index (χ1v) is 11.4. The molecule has 0 amide bonds. The predicted octanol–water partition coefficient (Wildman–Crippen LogP) is 4.65. The second-order valence-electron chi connectivity index (χ2n) is 7.12. The molecule has 0 radical (unpaired) electrons. The molecule has 0 spiro atoms. The Kier molecular flexibility index (Phi) is 9.27. The lowest BCUT2D eigenvalue weighted by molar-refractivity contribution is 0.172. The highest BCUT2D eigenvalue weighted by molar-refractivity contribution is 7.90. The molecule has 3 rings (SSSR count). The summed E-state index contributed by atoms with van der Waals surface area (Å²) < 4.78 is 53.4. The van der Waals surface area contributed by atoms with E-state index in [1.807, 2.05) is 6.92 Å². The minimum atomic E-state index is -4.00. The molecule has 1 aromatic heterocycles. The van der Waals surface area contributed by atoms with Gasteiger partial charge in [0.05, 0.1) is 17.2 Å². The summed E-state index contributed by atoms with van der Waals surface area (Å²) in [6.07, 6.45) is 2.22. The summed E-state index contributed by atoms with van der Waals surface area (Å²) in [6.45, 7) is 2.87. The van der Waals surface area contributed by atoms with Gasteiger partial charge in [0.1, 0.15) is 11.6 Å². The van der Waals surface area contributed by atoms with Crippen LogP contribution >= 0.6 is 12.4 Å². The van der Waals surface area contributed by atoms with Crippen molar-refractivity contribution in [1.29, 1.82) is 0 Å². The SMILES string of the molecule is CNC(C)c1cc(-c2ccccc2F)n(S(=O)(=O)c2cccc(OCCCOC)c2)c1.Cl. The molecule has 1 atom stereocenters. The molecule has 0 saturated carbocycles. The van der Waals surface area contributed by atoms with E-state index in [2.05, 4.69) is 5.32 Å². The van der Waals surface area contributed by atoms with Gasteiger partial charge in [-0.15, -0.1) is 12.4 Å². The third-order valence-electron chi connectivity index (χ3n) is 5.01. The second kappa shape index (κ2) is 11.5. The quantitative estimate of drug-likeness (QED) is 0.426. The van der Waals surface area contributed by atoms with Crippen molar-refractivity contribution in [2.75, 3.05) is 27.4 Å². The van der Waals surface area contributed by atoms with Crippen molar-refractivity contribution < 1.29 is 22.3 Å². The van der Waals surface area contributed by atoms with E-state index in [-0.39, 0.29) is 34.6 Å². The number of aromatic nitrogens is 1. The van der Waals surface area contributed by atoms with Crippen molar-refractivity contribution in [3.05, 3.63) is 72.2 Å². The average Bonchev–Trinajstić information content (AvgIpc) is 3.23. The Hall–Kier alpha value is -2.39. The van der Waals surface area contributed by atoms with Gasteiger partial charge in [0.15, 0.2) is 0 Å². The second-order valence-corrected chi connectivity index (χ2v) is 8.93. The third-order valence-corrected chi connectivity index (χ3v) is 6.68. The summed E-state index contributed by atoms with van der Waals surface area (Å²) in [5.41, 5.74) is 1.21. The molecule has 1 N–H and O–H groups in total. The number of hydrogen-bond donors (Lipinski definition) is 1. The smallest absolute Gasteiger partial charge is 0.268 e. The summed E-state index contributed by atoms with van der Waals surface area (Å²) >= 11 is 0. The highest BCUT2D eigenvalue weighted by Crippen LogP contribution is 2.31. The van der Waals surface area contributed by atoms with Crippen LogP contribution in [0.4, 0.5) is 4.39 Å². The van der Waals surface area contributed by atoms with Crippen molar-refractivity contribution in [1.82, 2.24) is 9.29 Å². The number of hydrogen-bond acceptors (Lipinski definition) is 5. The maximum absolute atomic E-state index is 14.6. The number of nitrogens with zero attached hydrogens (tertiary/aromatic N) is 1. The van der Waals surface area contributed by atoms with Gasteiger partial charge in [-0.05, 0) is 49.9 Å². The fourth-order valence-corrected chi connectivity index (χ4v) is 4.58. The Morgan fingerprint density at radius 2 is 1.84 bits per heavy atom. The molecular formula is C23H28ClFN2O4S. The molecule has 0 aliphatic heterocycles. The highest BCUT2D eigenvalue weighted by atomic mass is 35.5. The lowest BCUT2D eigenvalue weighted by atomic mass is 10.1. The van der Waals surface area contributed by atoms with Gasteiger partial charge in [-0.25, -0.2) is 16.8 Å². The minimum absolute atomic E-state index is 0. The van der Waals surface area contributed by atoms with E-state index >= 15 is 0 Å². The zero-order valence-electron chi connectivity index (χ0n) is 18.2. The Morgan fingerprint density at radius 1 is 1.09 bits per heavy atom. The van der Waals surface area contributed by atoms with Crippen LogP contribution in [0.1, 0.15) is 24.9 Å². The number of ether oxygens (including phenoxy) is 2. The van der Waals surface area contributed by atoms with Crippen LogP contribution < -0.4 is 10.1 Å². The maximum Gasteiger partial charge on any atom is 0.268 e. The number of nitrogens with one attached hydrogen (secondary N) is 1. The summed E-state index contributed by atoms with van der Waals surface area (Å²) in [6, 6.07) is 14.0. The predicted molar refractivity (Wildman–Crippen MR) is 126 cm³/mol. The van der Waals surface area contributed by atoms with Crippen molar-refractivity contribution in [3.8, 4) is 17.0 Å². The minimum Gasteiger partial charge on any atom is -0.493 e. The topological polar surface area (TPSA) is 69.6 Å². The number of methoxy groups -OCH3 is 1. The Morgan fingerprint density at radius 3 is 2.53 bits per heavy atom. The van der Waals surface area contributed by atoms with Crippen molar-refractivity contribution in [3.63, 3.8) is 0 Å². The van der Waals surface area contributed by atoms with Crippen LogP contribution in [0.5, 0.6) is 5.75 Å². The summed E-state index contributed by atoms with van der Waals surface area (Å²) in [4.78, 5) is 0.0635. The van der Waals surface area contributed by atoms with Crippen molar-refractivity contribution >= 4 is 22.4 Å². The summed E-state index contributed by atoms with van der Waals surface area (Å²) in [7, 11) is -0.603. The summed E-state index contributed by atoms with van der Waals surface area (Å²) in [5, 5.41) is 3.09. The van der Waals surface area contributed by atoms with Crippen LogP contribution in [0.25, 0.3) is 11.3 Å². The lowest BCUT2D eigenvalue weighted by Gasteiger charge is -2.13. The molecule has 1 heterocycles. The fraction of sp³-hybridized carbons (Fsp3) is 0.304. The van der Waals surface area contributed by atoms with E-state index in [9.17, 15) is 12.8 Å². The van der Waals surface area contributed by atoms with E-state index in [0.717, 1.165) is 9.54 Å². The van der Waals surface area contributed by atoms with Crippen LogP contribution in [-0.4, -0.2) is 39.8 Å². The standard InChI is InChI=1S/C23H27FN2O4S.ClH/c1-17(25-2)18-14-23(21-10-4-5-11-22(21)24)26(16-18)31(27,28)20-9-6-8-19(15-20)30-13-7-12-29-3;/h4-6,8-11,14-17,25H,7,12-13H2,1-3H3;1H. The first kappa shape index (κ1) is 25.9. The van der Waals surface area contributed by atoms with Gasteiger partial charge in [0, 0.05) is 44.0 Å². The first-order valence-electron chi connectivity index (χ1n) is 10.00. The zero-order chi connectivity index (χ0) is 22.4. The molecule has 0 aliphatic rings. The summed E-state index contributed by atoms with van der Waals surface area (Å²) in [5.74, 6) is -0.0449. The average molecular weight is 483 g/mol. The van der Waals surface area contributed by atoms with Gasteiger partial charge in [0.25, 0.3) is 10.0 Å². The molecule has 0 saturated heterocycles.